The van der Waals surface area contributed by atoms with Crippen molar-refractivity contribution in [3.8, 4) is 11.5 Å². The molecular formula is C23H22O6. The van der Waals surface area contributed by atoms with Crippen molar-refractivity contribution < 1.29 is 29.3 Å². The number of esters is 1. The van der Waals surface area contributed by atoms with Crippen molar-refractivity contribution >= 4 is 24.1 Å². The number of ether oxygens (including phenoxy) is 2. The summed E-state index contributed by atoms with van der Waals surface area (Å²) in [6.45, 7) is 2.18. The second kappa shape index (κ2) is 9.10. The molecule has 1 aliphatic heterocycles. The fourth-order valence-electron chi connectivity index (χ4n) is 3.00. The maximum Gasteiger partial charge on any atom is 0.330 e. The fraction of sp³-hybridized carbons (Fsp3) is 0.217. The molecule has 0 saturated carbocycles. The van der Waals surface area contributed by atoms with Crippen LogP contribution in [-0.4, -0.2) is 34.9 Å². The lowest BCUT2D eigenvalue weighted by molar-refractivity contribution is -0.139. The van der Waals surface area contributed by atoms with Gasteiger partial charge in [0.25, 0.3) is 0 Å². The number of benzene rings is 2. The van der Waals surface area contributed by atoms with Crippen molar-refractivity contribution in [3.63, 3.8) is 0 Å². The van der Waals surface area contributed by atoms with Crippen LogP contribution in [0.4, 0.5) is 0 Å². The molecule has 3 rings (SSSR count). The number of carboxylic acid groups (broad SMARTS) is 1. The van der Waals surface area contributed by atoms with E-state index in [0.717, 1.165) is 28.5 Å². The Morgan fingerprint density at radius 3 is 2.55 bits per heavy atom. The van der Waals surface area contributed by atoms with Gasteiger partial charge in [0.1, 0.15) is 17.6 Å². The highest BCUT2D eigenvalue weighted by Crippen LogP contribution is 2.32. The number of phenols is 1. The van der Waals surface area contributed by atoms with Crippen LogP contribution < -0.4 is 4.74 Å². The maximum atomic E-state index is 11.9. The SMILES string of the molecule is CC(COC(=O)C=Cc1ccc(O)cc1)C1Cc2cc(C=CC(=O)O)ccc2O1. The van der Waals surface area contributed by atoms with Crippen LogP contribution in [0.3, 0.4) is 0 Å². The molecule has 2 aromatic carbocycles. The van der Waals surface area contributed by atoms with Gasteiger partial charge in [-0.05, 0) is 53.1 Å². The van der Waals surface area contributed by atoms with Crippen molar-refractivity contribution in [1.29, 1.82) is 0 Å². The molecule has 0 fully saturated rings. The summed E-state index contributed by atoms with van der Waals surface area (Å²) in [7, 11) is 0. The lowest BCUT2D eigenvalue weighted by Crippen LogP contribution is -2.27. The standard InChI is InChI=1S/C23H22O6/c1-15(14-28-23(27)11-6-16-2-7-19(24)8-3-16)21-13-18-12-17(5-10-22(25)26)4-9-20(18)29-21/h2-12,15,21,24H,13-14H2,1H3,(H,25,26). The Morgan fingerprint density at radius 2 is 1.83 bits per heavy atom. The lowest BCUT2D eigenvalue weighted by Gasteiger charge is -2.18. The quantitative estimate of drug-likeness (QED) is 0.550. The number of aliphatic carboxylic acids is 1. The van der Waals surface area contributed by atoms with Crippen molar-refractivity contribution in [3.05, 3.63) is 71.3 Å². The first-order valence-corrected chi connectivity index (χ1v) is 9.25. The number of carboxylic acids is 1. The highest BCUT2D eigenvalue weighted by Gasteiger charge is 2.28. The molecule has 150 valence electrons. The van der Waals surface area contributed by atoms with Crippen molar-refractivity contribution in [2.75, 3.05) is 6.61 Å². The topological polar surface area (TPSA) is 93.1 Å². The molecule has 0 bridgehead atoms. The van der Waals surface area contributed by atoms with E-state index in [4.69, 9.17) is 14.6 Å². The molecule has 2 N–H and O–H groups in total. The predicted octanol–water partition coefficient (Wildman–Crippen LogP) is 3.69. The van der Waals surface area contributed by atoms with Gasteiger partial charge in [-0.1, -0.05) is 25.1 Å². The number of fused-ring (bicyclic) bond motifs is 1. The molecule has 1 heterocycles. The van der Waals surface area contributed by atoms with Gasteiger partial charge in [0.15, 0.2) is 0 Å². The van der Waals surface area contributed by atoms with E-state index in [1.54, 1.807) is 42.5 Å². The summed E-state index contributed by atoms with van der Waals surface area (Å²) in [4.78, 5) is 22.6. The van der Waals surface area contributed by atoms with Gasteiger partial charge in [-0.2, -0.15) is 0 Å². The van der Waals surface area contributed by atoms with Crippen LogP contribution in [-0.2, 0) is 20.7 Å². The van der Waals surface area contributed by atoms with Gasteiger partial charge in [-0.15, -0.1) is 0 Å². The number of hydrogen-bond donors (Lipinski definition) is 2. The zero-order valence-corrected chi connectivity index (χ0v) is 15.9. The fourth-order valence-corrected chi connectivity index (χ4v) is 3.00. The number of carbonyl (C=O) groups excluding carboxylic acids is 1. The molecule has 2 aromatic rings. The van der Waals surface area contributed by atoms with Crippen molar-refractivity contribution in [2.45, 2.75) is 19.4 Å². The largest absolute Gasteiger partial charge is 0.508 e. The van der Waals surface area contributed by atoms with Crippen LogP contribution in [0, 0.1) is 5.92 Å². The van der Waals surface area contributed by atoms with E-state index in [0.29, 0.717) is 6.42 Å². The Kier molecular flexibility index (Phi) is 6.34. The van der Waals surface area contributed by atoms with Crippen LogP contribution in [0.25, 0.3) is 12.2 Å². The smallest absolute Gasteiger partial charge is 0.330 e. The summed E-state index contributed by atoms with van der Waals surface area (Å²) in [6.07, 6.45) is 6.18. The maximum absolute atomic E-state index is 11.9. The van der Waals surface area contributed by atoms with Gasteiger partial charge in [0.2, 0.25) is 0 Å². The first-order valence-electron chi connectivity index (χ1n) is 9.25. The van der Waals surface area contributed by atoms with Crippen LogP contribution in [0.2, 0.25) is 0 Å². The second-order valence-corrected chi connectivity index (χ2v) is 6.93. The first-order chi connectivity index (χ1) is 13.9. The Hall–Kier alpha value is -3.54. The predicted molar refractivity (Wildman–Crippen MR) is 108 cm³/mol. The molecule has 6 heteroatoms. The third-order valence-electron chi connectivity index (χ3n) is 4.63. The average Bonchev–Trinajstić information content (AvgIpc) is 3.13. The van der Waals surface area contributed by atoms with E-state index in [-0.39, 0.29) is 24.4 Å². The molecule has 29 heavy (non-hydrogen) atoms. The van der Waals surface area contributed by atoms with Crippen LogP contribution in [0.5, 0.6) is 11.5 Å². The summed E-state index contributed by atoms with van der Waals surface area (Å²) < 4.78 is 11.3. The van der Waals surface area contributed by atoms with Crippen LogP contribution in [0.15, 0.2) is 54.6 Å². The van der Waals surface area contributed by atoms with Gasteiger partial charge in [-0.25, -0.2) is 9.59 Å². The van der Waals surface area contributed by atoms with Gasteiger partial charge in [0, 0.05) is 24.5 Å². The van der Waals surface area contributed by atoms with Gasteiger partial charge in [-0.3, -0.25) is 0 Å². The summed E-state index contributed by atoms with van der Waals surface area (Å²) >= 11 is 0. The minimum Gasteiger partial charge on any atom is -0.508 e. The third-order valence-corrected chi connectivity index (χ3v) is 4.63. The first kappa shape index (κ1) is 20.2. The Labute approximate surface area is 168 Å². The summed E-state index contributed by atoms with van der Waals surface area (Å²) in [5.41, 5.74) is 2.59. The molecule has 0 aromatic heterocycles. The molecule has 0 aliphatic carbocycles. The zero-order valence-electron chi connectivity index (χ0n) is 15.9. The van der Waals surface area contributed by atoms with E-state index >= 15 is 0 Å². The van der Waals surface area contributed by atoms with Crippen molar-refractivity contribution in [2.24, 2.45) is 5.92 Å². The van der Waals surface area contributed by atoms with E-state index < -0.39 is 11.9 Å². The molecule has 6 nitrogen and oxygen atoms in total. The molecule has 0 saturated heterocycles. The Balaban J connectivity index is 1.50. The lowest BCUT2D eigenvalue weighted by atomic mass is 9.99. The molecule has 1 aliphatic rings. The number of hydrogen-bond acceptors (Lipinski definition) is 5. The highest BCUT2D eigenvalue weighted by atomic mass is 16.5. The van der Waals surface area contributed by atoms with E-state index in [9.17, 15) is 14.7 Å². The Bertz CT molecular complexity index is 942. The summed E-state index contributed by atoms with van der Waals surface area (Å²) in [5.74, 6) is -0.503. The number of aromatic hydroxyl groups is 1. The molecule has 2 unspecified atom stereocenters. The Morgan fingerprint density at radius 1 is 1.14 bits per heavy atom. The minimum atomic E-state index is -0.991. The molecular weight excluding hydrogens is 372 g/mol. The monoisotopic (exact) mass is 394 g/mol. The zero-order chi connectivity index (χ0) is 20.8. The van der Waals surface area contributed by atoms with Crippen LogP contribution in [0.1, 0.15) is 23.6 Å². The molecule has 0 spiro atoms. The number of phenolic OH excluding ortho intramolecular Hbond substituents is 1. The van der Waals surface area contributed by atoms with Gasteiger partial charge >= 0.3 is 11.9 Å². The highest BCUT2D eigenvalue weighted by molar-refractivity contribution is 5.87. The van der Waals surface area contributed by atoms with Crippen LogP contribution >= 0.6 is 0 Å². The van der Waals surface area contributed by atoms with E-state index in [1.165, 1.54) is 6.08 Å². The summed E-state index contributed by atoms with van der Waals surface area (Å²) in [6, 6.07) is 12.0. The van der Waals surface area contributed by atoms with E-state index in [1.807, 2.05) is 19.1 Å². The summed E-state index contributed by atoms with van der Waals surface area (Å²) in [5, 5.41) is 18.0. The third kappa shape index (κ3) is 5.72. The average molecular weight is 394 g/mol. The molecule has 0 amide bonds. The van der Waals surface area contributed by atoms with Gasteiger partial charge < -0.3 is 19.7 Å². The number of rotatable bonds is 7. The second-order valence-electron chi connectivity index (χ2n) is 6.93. The van der Waals surface area contributed by atoms with Gasteiger partial charge in [0.05, 0.1) is 6.61 Å². The minimum absolute atomic E-state index is 0.00793. The van der Waals surface area contributed by atoms with E-state index in [2.05, 4.69) is 0 Å². The number of carbonyl (C=O) groups is 2. The normalized spacial score (nSPS) is 16.5. The molecule has 0 radical (unpaired) electrons. The van der Waals surface area contributed by atoms with Crippen molar-refractivity contribution in [1.82, 2.24) is 0 Å². The molecule has 2 atom stereocenters.